The van der Waals surface area contributed by atoms with Crippen LogP contribution in [0, 0.1) is 5.82 Å². The van der Waals surface area contributed by atoms with Gasteiger partial charge in [-0.25, -0.2) is 9.18 Å². The van der Waals surface area contributed by atoms with Crippen LogP contribution in [0.25, 0.3) is 0 Å². The number of hydrogen-bond acceptors (Lipinski definition) is 5. The van der Waals surface area contributed by atoms with Gasteiger partial charge in [0.1, 0.15) is 17.9 Å². The fraction of sp³-hybridized carbons (Fsp3) is 0.474. The van der Waals surface area contributed by atoms with Gasteiger partial charge in [-0.05, 0) is 44.5 Å². The summed E-state index contributed by atoms with van der Waals surface area (Å²) in [7, 11) is 0. The monoisotopic (exact) mass is 393 g/mol. The van der Waals surface area contributed by atoms with Crippen molar-refractivity contribution < 1.29 is 28.3 Å². The van der Waals surface area contributed by atoms with Gasteiger partial charge in [0.25, 0.3) is 11.8 Å². The molecule has 1 heterocycles. The lowest BCUT2D eigenvalue weighted by Gasteiger charge is -2.21. The first-order chi connectivity index (χ1) is 13.2. The number of anilines is 1. The van der Waals surface area contributed by atoms with E-state index in [1.54, 1.807) is 6.92 Å². The topological polar surface area (TPSA) is 105 Å². The van der Waals surface area contributed by atoms with E-state index in [1.165, 1.54) is 31.2 Å². The summed E-state index contributed by atoms with van der Waals surface area (Å²) in [5, 5.41) is 5.08. The SMILES string of the molecule is CCCC[C@@]1(C)NC(=O)N(CC(=O)O[C@@H](C)C(=O)Nc2ccc(F)cc2)C1=O. The van der Waals surface area contributed by atoms with Gasteiger partial charge in [0, 0.05) is 5.69 Å². The van der Waals surface area contributed by atoms with E-state index in [2.05, 4.69) is 10.6 Å². The van der Waals surface area contributed by atoms with Crippen molar-refractivity contribution in [3.63, 3.8) is 0 Å². The molecule has 2 N–H and O–H groups in total. The van der Waals surface area contributed by atoms with E-state index in [0.29, 0.717) is 12.1 Å². The van der Waals surface area contributed by atoms with E-state index >= 15 is 0 Å². The van der Waals surface area contributed by atoms with Crippen LogP contribution in [-0.2, 0) is 19.1 Å². The van der Waals surface area contributed by atoms with Gasteiger partial charge < -0.3 is 15.4 Å². The molecule has 2 rings (SSSR count). The van der Waals surface area contributed by atoms with Crippen LogP contribution < -0.4 is 10.6 Å². The second-order valence-corrected chi connectivity index (χ2v) is 6.89. The number of benzene rings is 1. The lowest BCUT2D eigenvalue weighted by atomic mass is 9.95. The number of imide groups is 1. The van der Waals surface area contributed by atoms with Gasteiger partial charge >= 0.3 is 12.0 Å². The van der Waals surface area contributed by atoms with Gasteiger partial charge in [0.2, 0.25) is 0 Å². The van der Waals surface area contributed by atoms with Crippen LogP contribution in [0.5, 0.6) is 0 Å². The summed E-state index contributed by atoms with van der Waals surface area (Å²) in [4.78, 5) is 49.5. The van der Waals surface area contributed by atoms with E-state index in [9.17, 15) is 23.6 Å². The molecule has 8 nitrogen and oxygen atoms in total. The lowest BCUT2D eigenvalue weighted by molar-refractivity contribution is -0.155. The number of ether oxygens (including phenoxy) is 1. The number of nitrogens with zero attached hydrogens (tertiary/aromatic N) is 1. The van der Waals surface area contributed by atoms with Crippen LogP contribution >= 0.6 is 0 Å². The van der Waals surface area contributed by atoms with E-state index < -0.39 is 47.8 Å². The molecule has 28 heavy (non-hydrogen) atoms. The fourth-order valence-electron chi connectivity index (χ4n) is 2.78. The highest BCUT2D eigenvalue weighted by molar-refractivity contribution is 6.08. The molecule has 4 amide bonds. The average molecular weight is 393 g/mol. The molecule has 1 aromatic rings. The van der Waals surface area contributed by atoms with Crippen molar-refractivity contribution in [1.29, 1.82) is 0 Å². The molecule has 1 aliphatic rings. The van der Waals surface area contributed by atoms with Crippen LogP contribution in [0.2, 0.25) is 0 Å². The van der Waals surface area contributed by atoms with Crippen LogP contribution in [0.3, 0.4) is 0 Å². The van der Waals surface area contributed by atoms with Gasteiger partial charge in [-0.2, -0.15) is 0 Å². The van der Waals surface area contributed by atoms with Gasteiger partial charge in [-0.15, -0.1) is 0 Å². The summed E-state index contributed by atoms with van der Waals surface area (Å²) in [6, 6.07) is 4.43. The zero-order chi connectivity index (χ0) is 20.9. The zero-order valence-electron chi connectivity index (χ0n) is 16.1. The molecule has 1 saturated heterocycles. The van der Waals surface area contributed by atoms with Crippen molar-refractivity contribution >= 4 is 29.5 Å². The number of hydrogen-bond donors (Lipinski definition) is 2. The standard InChI is InChI=1S/C19H24FN3O5/c1-4-5-10-19(3)17(26)23(18(27)22-19)11-15(24)28-12(2)16(25)21-14-8-6-13(20)7-9-14/h6-9,12H,4-5,10-11H2,1-3H3,(H,21,25)(H,22,27)/t12-,19+/m0/s1. The summed E-state index contributed by atoms with van der Waals surface area (Å²) in [5.74, 6) is -2.45. The summed E-state index contributed by atoms with van der Waals surface area (Å²) in [6.45, 7) is 4.36. The Kier molecular flexibility index (Phi) is 6.71. The quantitative estimate of drug-likeness (QED) is 0.520. The summed E-state index contributed by atoms with van der Waals surface area (Å²) in [5.41, 5.74) is -0.700. The Morgan fingerprint density at radius 1 is 1.29 bits per heavy atom. The number of rotatable bonds is 8. The predicted molar refractivity (Wildman–Crippen MR) is 98.8 cm³/mol. The largest absolute Gasteiger partial charge is 0.451 e. The van der Waals surface area contributed by atoms with Crippen molar-refractivity contribution in [3.8, 4) is 0 Å². The molecule has 0 unspecified atom stereocenters. The van der Waals surface area contributed by atoms with Gasteiger partial charge in [-0.3, -0.25) is 19.3 Å². The molecule has 0 radical (unpaired) electrons. The van der Waals surface area contributed by atoms with Crippen LogP contribution in [0.4, 0.5) is 14.9 Å². The van der Waals surface area contributed by atoms with Gasteiger partial charge in [0.05, 0.1) is 0 Å². The van der Waals surface area contributed by atoms with Crippen molar-refractivity contribution in [2.75, 3.05) is 11.9 Å². The smallest absolute Gasteiger partial charge is 0.327 e. The normalized spacial score (nSPS) is 19.9. The number of esters is 1. The minimum absolute atomic E-state index is 0.343. The lowest BCUT2D eigenvalue weighted by Crippen LogP contribution is -2.44. The third-order valence-electron chi connectivity index (χ3n) is 4.45. The van der Waals surface area contributed by atoms with E-state index in [4.69, 9.17) is 4.74 Å². The maximum Gasteiger partial charge on any atom is 0.327 e. The van der Waals surface area contributed by atoms with Crippen LogP contribution in [-0.4, -0.2) is 46.9 Å². The minimum atomic E-state index is -1.16. The maximum absolute atomic E-state index is 12.9. The van der Waals surface area contributed by atoms with E-state index in [0.717, 1.165) is 17.7 Å². The molecule has 0 aromatic heterocycles. The second kappa shape index (κ2) is 8.81. The van der Waals surface area contributed by atoms with Crippen LogP contribution in [0.1, 0.15) is 40.0 Å². The average Bonchev–Trinajstić information content (AvgIpc) is 2.85. The molecule has 152 valence electrons. The Morgan fingerprint density at radius 3 is 2.54 bits per heavy atom. The Morgan fingerprint density at radius 2 is 1.93 bits per heavy atom. The van der Waals surface area contributed by atoms with Crippen molar-refractivity contribution in [3.05, 3.63) is 30.1 Å². The van der Waals surface area contributed by atoms with E-state index in [-0.39, 0.29) is 0 Å². The first-order valence-electron chi connectivity index (χ1n) is 9.06. The summed E-state index contributed by atoms with van der Waals surface area (Å²) >= 11 is 0. The van der Waals surface area contributed by atoms with Crippen molar-refractivity contribution in [1.82, 2.24) is 10.2 Å². The first kappa shape index (κ1) is 21.3. The molecule has 1 aromatic carbocycles. The van der Waals surface area contributed by atoms with Crippen LogP contribution in [0.15, 0.2) is 24.3 Å². The Balaban J connectivity index is 1.90. The minimum Gasteiger partial charge on any atom is -0.451 e. The third-order valence-corrected chi connectivity index (χ3v) is 4.45. The molecule has 1 aliphatic heterocycles. The first-order valence-corrected chi connectivity index (χ1v) is 9.06. The Hall–Kier alpha value is -2.97. The highest BCUT2D eigenvalue weighted by Crippen LogP contribution is 2.23. The highest BCUT2D eigenvalue weighted by atomic mass is 19.1. The molecular formula is C19H24FN3O5. The molecule has 9 heteroatoms. The molecule has 0 bridgehead atoms. The number of halogens is 1. The third kappa shape index (κ3) is 5.05. The molecule has 0 saturated carbocycles. The number of nitrogens with one attached hydrogen (secondary N) is 2. The maximum atomic E-state index is 12.9. The van der Waals surface area contributed by atoms with Crippen molar-refractivity contribution in [2.24, 2.45) is 0 Å². The van der Waals surface area contributed by atoms with Gasteiger partial charge in [0.15, 0.2) is 6.10 Å². The number of amides is 4. The molecule has 0 spiro atoms. The van der Waals surface area contributed by atoms with Crippen molar-refractivity contribution in [2.45, 2.75) is 51.7 Å². The number of carbonyl (C=O) groups is 4. The van der Waals surface area contributed by atoms with Gasteiger partial charge in [-0.1, -0.05) is 19.8 Å². The Bertz CT molecular complexity index is 767. The predicted octanol–water partition coefficient (Wildman–Crippen LogP) is 2.20. The fourth-order valence-corrected chi connectivity index (χ4v) is 2.78. The summed E-state index contributed by atoms with van der Waals surface area (Å²) < 4.78 is 17.9. The Labute approximate surface area is 162 Å². The number of unbranched alkanes of at least 4 members (excludes halogenated alkanes) is 1. The highest BCUT2D eigenvalue weighted by Gasteiger charge is 2.48. The molecule has 0 aliphatic carbocycles. The number of urea groups is 1. The van der Waals surface area contributed by atoms with E-state index in [1.807, 2.05) is 6.92 Å². The molecule has 2 atom stereocenters. The molecular weight excluding hydrogens is 369 g/mol. The zero-order valence-corrected chi connectivity index (χ0v) is 16.1. The molecule has 1 fully saturated rings. The second-order valence-electron chi connectivity index (χ2n) is 6.89. The number of carbonyl (C=O) groups excluding carboxylic acids is 4. The summed E-state index contributed by atoms with van der Waals surface area (Å²) in [6.07, 6.45) is 0.920.